The van der Waals surface area contributed by atoms with Crippen LogP contribution in [0.15, 0.2) is 24.3 Å². The summed E-state index contributed by atoms with van der Waals surface area (Å²) in [6.45, 7) is 5.82. The molecule has 0 fully saturated rings. The Morgan fingerprint density at radius 1 is 1.35 bits per heavy atom. The van der Waals surface area contributed by atoms with E-state index in [0.29, 0.717) is 6.04 Å². The molecule has 1 aliphatic heterocycles. The Kier molecular flexibility index (Phi) is 6.02. The fraction of sp³-hybridized carbons (Fsp3) is 0.647. The molecule has 1 aromatic carbocycles. The summed E-state index contributed by atoms with van der Waals surface area (Å²) in [5, 5.41) is 3.41. The molecule has 0 saturated heterocycles. The van der Waals surface area contributed by atoms with E-state index in [9.17, 15) is 0 Å². The van der Waals surface area contributed by atoms with Gasteiger partial charge in [-0.25, -0.2) is 0 Å². The van der Waals surface area contributed by atoms with E-state index in [4.69, 9.17) is 9.47 Å². The van der Waals surface area contributed by atoms with Crippen molar-refractivity contribution in [3.05, 3.63) is 35.4 Å². The smallest absolute Gasteiger partial charge is 0.0843 e. The largest absolute Gasteiger partial charge is 0.377 e. The average molecular weight is 277 g/mol. The fourth-order valence-corrected chi connectivity index (χ4v) is 3.09. The SMILES string of the molecule is CCOC(CC)C(CC1OCCc2ccccc21)NC. The zero-order valence-corrected chi connectivity index (χ0v) is 12.9. The molecule has 1 aromatic rings. The van der Waals surface area contributed by atoms with Crippen LogP contribution in [0, 0.1) is 0 Å². The minimum absolute atomic E-state index is 0.187. The van der Waals surface area contributed by atoms with Crippen LogP contribution in [0.1, 0.15) is 43.9 Å². The lowest BCUT2D eigenvalue weighted by atomic mass is 9.91. The van der Waals surface area contributed by atoms with Gasteiger partial charge in [-0.1, -0.05) is 31.2 Å². The number of fused-ring (bicyclic) bond motifs is 1. The van der Waals surface area contributed by atoms with E-state index in [0.717, 1.165) is 32.5 Å². The molecule has 0 spiro atoms. The quantitative estimate of drug-likeness (QED) is 0.831. The molecule has 20 heavy (non-hydrogen) atoms. The highest BCUT2D eigenvalue weighted by atomic mass is 16.5. The van der Waals surface area contributed by atoms with Crippen molar-refractivity contribution in [2.75, 3.05) is 20.3 Å². The summed E-state index contributed by atoms with van der Waals surface area (Å²) in [6.07, 6.45) is 3.45. The predicted octanol–water partition coefficient (Wildman–Crippen LogP) is 3.09. The van der Waals surface area contributed by atoms with Crippen LogP contribution in [0.25, 0.3) is 0 Å². The van der Waals surface area contributed by atoms with E-state index in [1.54, 1.807) is 0 Å². The van der Waals surface area contributed by atoms with Gasteiger partial charge in [0.2, 0.25) is 0 Å². The Bertz CT molecular complexity index is 408. The summed E-state index contributed by atoms with van der Waals surface area (Å²) in [4.78, 5) is 0. The van der Waals surface area contributed by atoms with Gasteiger partial charge >= 0.3 is 0 Å². The van der Waals surface area contributed by atoms with Crippen molar-refractivity contribution >= 4 is 0 Å². The number of hydrogen-bond donors (Lipinski definition) is 1. The van der Waals surface area contributed by atoms with Gasteiger partial charge in [-0.3, -0.25) is 0 Å². The molecular formula is C17H27NO2. The lowest BCUT2D eigenvalue weighted by molar-refractivity contribution is -0.00933. The first-order chi connectivity index (χ1) is 9.80. The van der Waals surface area contributed by atoms with E-state index in [1.807, 2.05) is 7.05 Å². The second-order valence-corrected chi connectivity index (χ2v) is 5.34. The molecular weight excluding hydrogens is 250 g/mol. The maximum absolute atomic E-state index is 6.01. The summed E-state index contributed by atoms with van der Waals surface area (Å²) in [7, 11) is 2.01. The standard InChI is InChI=1S/C17H27NO2/c1-4-16(19-5-2)15(18-3)12-17-14-9-7-6-8-13(14)10-11-20-17/h6-9,15-18H,4-5,10-12H2,1-3H3. The third-order valence-corrected chi connectivity index (χ3v) is 4.16. The van der Waals surface area contributed by atoms with E-state index in [1.165, 1.54) is 11.1 Å². The van der Waals surface area contributed by atoms with Crippen molar-refractivity contribution in [3.63, 3.8) is 0 Å². The van der Waals surface area contributed by atoms with Crippen LogP contribution in [-0.4, -0.2) is 32.4 Å². The first-order valence-electron chi connectivity index (χ1n) is 7.78. The number of ether oxygens (including phenoxy) is 2. The summed E-state index contributed by atoms with van der Waals surface area (Å²) in [5.41, 5.74) is 2.79. The van der Waals surface area contributed by atoms with Crippen molar-refractivity contribution in [2.24, 2.45) is 0 Å². The van der Waals surface area contributed by atoms with Crippen molar-refractivity contribution in [1.82, 2.24) is 5.32 Å². The van der Waals surface area contributed by atoms with Crippen LogP contribution in [0.2, 0.25) is 0 Å². The molecule has 3 nitrogen and oxygen atoms in total. The molecule has 0 radical (unpaired) electrons. The normalized spacial score (nSPS) is 21.2. The molecule has 0 bridgehead atoms. The Balaban J connectivity index is 2.08. The molecule has 0 aliphatic carbocycles. The van der Waals surface area contributed by atoms with Crippen molar-refractivity contribution < 1.29 is 9.47 Å². The van der Waals surface area contributed by atoms with Crippen LogP contribution in [0.5, 0.6) is 0 Å². The van der Waals surface area contributed by atoms with E-state index in [2.05, 4.69) is 43.4 Å². The molecule has 2 rings (SSSR count). The van der Waals surface area contributed by atoms with Crippen LogP contribution < -0.4 is 5.32 Å². The molecule has 1 aliphatic rings. The topological polar surface area (TPSA) is 30.5 Å². The zero-order chi connectivity index (χ0) is 14.4. The van der Waals surface area contributed by atoms with E-state index < -0.39 is 0 Å². The van der Waals surface area contributed by atoms with E-state index >= 15 is 0 Å². The third kappa shape index (κ3) is 3.60. The van der Waals surface area contributed by atoms with Gasteiger partial charge in [-0.15, -0.1) is 0 Å². The van der Waals surface area contributed by atoms with Gasteiger partial charge in [-0.2, -0.15) is 0 Å². The molecule has 3 heteroatoms. The summed E-state index contributed by atoms with van der Waals surface area (Å²) in [5.74, 6) is 0. The predicted molar refractivity (Wildman–Crippen MR) is 82.0 cm³/mol. The summed E-state index contributed by atoms with van der Waals surface area (Å²) < 4.78 is 11.9. The second-order valence-electron chi connectivity index (χ2n) is 5.34. The molecule has 0 amide bonds. The maximum atomic E-state index is 6.01. The molecule has 3 unspecified atom stereocenters. The molecule has 0 saturated carbocycles. The maximum Gasteiger partial charge on any atom is 0.0843 e. The minimum atomic E-state index is 0.187. The molecule has 112 valence electrons. The summed E-state index contributed by atoms with van der Waals surface area (Å²) in [6, 6.07) is 8.98. The van der Waals surface area contributed by atoms with E-state index in [-0.39, 0.29) is 12.2 Å². The average Bonchev–Trinajstić information content (AvgIpc) is 2.50. The fourth-order valence-electron chi connectivity index (χ4n) is 3.09. The van der Waals surface area contributed by atoms with Gasteiger partial charge in [0, 0.05) is 12.6 Å². The Morgan fingerprint density at radius 2 is 2.15 bits per heavy atom. The van der Waals surface area contributed by atoms with Gasteiger partial charge in [0.25, 0.3) is 0 Å². The lowest BCUT2D eigenvalue weighted by Crippen LogP contribution is -2.41. The molecule has 0 aromatic heterocycles. The van der Waals surface area contributed by atoms with Crippen LogP contribution in [0.3, 0.4) is 0 Å². The number of hydrogen-bond acceptors (Lipinski definition) is 3. The molecule has 1 N–H and O–H groups in total. The van der Waals surface area contributed by atoms with Crippen LogP contribution >= 0.6 is 0 Å². The van der Waals surface area contributed by atoms with Gasteiger partial charge in [0.1, 0.15) is 0 Å². The number of rotatable bonds is 7. The lowest BCUT2D eigenvalue weighted by Gasteiger charge is -2.32. The number of likely N-dealkylation sites (N-methyl/N-ethyl adjacent to an activating group) is 1. The Labute approximate surface area is 122 Å². The summed E-state index contributed by atoms with van der Waals surface area (Å²) >= 11 is 0. The Hall–Kier alpha value is -0.900. The highest BCUT2D eigenvalue weighted by molar-refractivity contribution is 5.31. The monoisotopic (exact) mass is 277 g/mol. The van der Waals surface area contributed by atoms with Crippen LogP contribution in [-0.2, 0) is 15.9 Å². The molecule has 1 heterocycles. The number of nitrogens with one attached hydrogen (secondary N) is 1. The van der Waals surface area contributed by atoms with Gasteiger partial charge < -0.3 is 14.8 Å². The zero-order valence-electron chi connectivity index (χ0n) is 12.9. The first kappa shape index (κ1) is 15.5. The van der Waals surface area contributed by atoms with Crippen molar-refractivity contribution in [1.29, 1.82) is 0 Å². The first-order valence-corrected chi connectivity index (χ1v) is 7.78. The van der Waals surface area contributed by atoms with Crippen LogP contribution in [0.4, 0.5) is 0 Å². The van der Waals surface area contributed by atoms with Gasteiger partial charge in [-0.05, 0) is 44.4 Å². The molecule has 3 atom stereocenters. The highest BCUT2D eigenvalue weighted by Gasteiger charge is 2.27. The highest BCUT2D eigenvalue weighted by Crippen LogP contribution is 2.31. The van der Waals surface area contributed by atoms with Crippen molar-refractivity contribution in [2.45, 2.75) is 51.4 Å². The Morgan fingerprint density at radius 3 is 2.85 bits per heavy atom. The van der Waals surface area contributed by atoms with Gasteiger partial charge in [0.15, 0.2) is 0 Å². The van der Waals surface area contributed by atoms with Gasteiger partial charge in [0.05, 0.1) is 18.8 Å². The van der Waals surface area contributed by atoms with Crippen molar-refractivity contribution in [3.8, 4) is 0 Å². The number of benzene rings is 1. The minimum Gasteiger partial charge on any atom is -0.377 e. The third-order valence-electron chi connectivity index (χ3n) is 4.16. The second kappa shape index (κ2) is 7.77.